The zero-order chi connectivity index (χ0) is 12.3. The van der Waals surface area contributed by atoms with Crippen molar-refractivity contribution in [1.82, 2.24) is 4.98 Å². The standard InChI is InChI=1S/C15H25NTe/c1-3-4-5-6-7-8-11-14(2)17-15-12-9-10-13-16-15/h9-10,12-14H,3-8,11H2,1-2H3. The molecule has 0 aliphatic heterocycles. The van der Waals surface area contributed by atoms with Crippen molar-refractivity contribution in [3.05, 3.63) is 24.4 Å². The van der Waals surface area contributed by atoms with Crippen molar-refractivity contribution in [3.63, 3.8) is 0 Å². The van der Waals surface area contributed by atoms with Crippen molar-refractivity contribution in [2.45, 2.75) is 62.8 Å². The molecule has 0 saturated heterocycles. The van der Waals surface area contributed by atoms with Crippen molar-refractivity contribution >= 4 is 24.7 Å². The second-order valence-electron chi connectivity index (χ2n) is 4.65. The van der Waals surface area contributed by atoms with Crippen LogP contribution in [0.1, 0.15) is 58.8 Å². The van der Waals surface area contributed by atoms with Crippen LogP contribution in [0.5, 0.6) is 0 Å². The van der Waals surface area contributed by atoms with Crippen LogP contribution in [0.15, 0.2) is 24.4 Å². The van der Waals surface area contributed by atoms with E-state index in [1.165, 1.54) is 48.7 Å². The fourth-order valence-corrected chi connectivity index (χ4v) is 4.68. The molecule has 1 nitrogen and oxygen atoms in total. The van der Waals surface area contributed by atoms with Crippen LogP contribution in [-0.4, -0.2) is 25.9 Å². The molecule has 0 aliphatic rings. The van der Waals surface area contributed by atoms with Gasteiger partial charge in [-0.05, 0) is 0 Å². The Bertz CT molecular complexity index is 274. The molecule has 1 aromatic heterocycles. The van der Waals surface area contributed by atoms with Gasteiger partial charge in [0.1, 0.15) is 0 Å². The summed E-state index contributed by atoms with van der Waals surface area (Å²) in [5, 5.41) is 0. The van der Waals surface area contributed by atoms with Crippen LogP contribution in [0.2, 0.25) is 3.97 Å². The molecular formula is C15H25NTe. The monoisotopic (exact) mass is 349 g/mol. The van der Waals surface area contributed by atoms with E-state index in [0.717, 1.165) is 3.97 Å². The van der Waals surface area contributed by atoms with Gasteiger partial charge in [0.25, 0.3) is 0 Å². The second-order valence-corrected chi connectivity index (χ2v) is 8.82. The molecule has 0 amide bonds. The van der Waals surface area contributed by atoms with E-state index in [0.29, 0.717) is 0 Å². The second kappa shape index (κ2) is 9.92. The van der Waals surface area contributed by atoms with E-state index in [2.05, 4.69) is 31.0 Å². The first kappa shape index (κ1) is 15.0. The first-order chi connectivity index (χ1) is 8.33. The summed E-state index contributed by atoms with van der Waals surface area (Å²) >= 11 is -0.0603. The first-order valence-corrected chi connectivity index (χ1v) is 9.41. The molecule has 17 heavy (non-hydrogen) atoms. The predicted octanol–water partition coefficient (Wildman–Crippen LogP) is 3.97. The number of unbranched alkanes of at least 4 members (excludes halogenated alkanes) is 5. The van der Waals surface area contributed by atoms with E-state index in [4.69, 9.17) is 0 Å². The summed E-state index contributed by atoms with van der Waals surface area (Å²) < 4.78 is 2.28. The van der Waals surface area contributed by atoms with Crippen LogP contribution in [0, 0.1) is 0 Å². The van der Waals surface area contributed by atoms with Crippen LogP contribution in [0.4, 0.5) is 0 Å². The number of pyridine rings is 1. The van der Waals surface area contributed by atoms with Crippen molar-refractivity contribution in [3.8, 4) is 0 Å². The van der Waals surface area contributed by atoms with Gasteiger partial charge in [0.15, 0.2) is 0 Å². The molecule has 1 atom stereocenters. The Morgan fingerprint density at radius 1 is 1.12 bits per heavy atom. The number of nitrogens with zero attached hydrogens (tertiary/aromatic N) is 1. The van der Waals surface area contributed by atoms with Gasteiger partial charge in [-0.2, -0.15) is 0 Å². The maximum atomic E-state index is 4.45. The Morgan fingerprint density at radius 3 is 2.59 bits per heavy atom. The van der Waals surface area contributed by atoms with Gasteiger partial charge in [0, 0.05) is 0 Å². The molecule has 0 radical (unpaired) electrons. The van der Waals surface area contributed by atoms with Crippen molar-refractivity contribution in [2.24, 2.45) is 0 Å². The zero-order valence-corrected chi connectivity index (χ0v) is 13.5. The van der Waals surface area contributed by atoms with Crippen molar-refractivity contribution < 1.29 is 0 Å². The summed E-state index contributed by atoms with van der Waals surface area (Å²) in [6, 6.07) is 6.32. The van der Waals surface area contributed by atoms with Gasteiger partial charge in [-0.3, -0.25) is 0 Å². The van der Waals surface area contributed by atoms with E-state index in [-0.39, 0.29) is 20.9 Å². The maximum absolute atomic E-state index is 4.45. The normalized spacial score (nSPS) is 12.6. The molecule has 0 bridgehead atoms. The molecule has 0 N–H and O–H groups in total. The molecule has 96 valence electrons. The van der Waals surface area contributed by atoms with E-state index in [1.807, 2.05) is 12.3 Å². The van der Waals surface area contributed by atoms with Crippen LogP contribution < -0.4 is 3.74 Å². The van der Waals surface area contributed by atoms with E-state index in [9.17, 15) is 0 Å². The molecule has 0 fully saturated rings. The van der Waals surface area contributed by atoms with E-state index >= 15 is 0 Å². The minimum absolute atomic E-state index is 0.0603. The third-order valence-corrected chi connectivity index (χ3v) is 6.12. The van der Waals surface area contributed by atoms with Gasteiger partial charge in [0.2, 0.25) is 0 Å². The summed E-state index contributed by atoms with van der Waals surface area (Å²) in [5.41, 5.74) is 0. The quantitative estimate of drug-likeness (QED) is 0.487. The fraction of sp³-hybridized carbons (Fsp3) is 0.667. The summed E-state index contributed by atoms with van der Waals surface area (Å²) in [6.45, 7) is 4.68. The molecule has 0 spiro atoms. The first-order valence-electron chi connectivity index (χ1n) is 6.90. The van der Waals surface area contributed by atoms with Gasteiger partial charge >= 0.3 is 117 Å². The minimum atomic E-state index is -0.0603. The van der Waals surface area contributed by atoms with Crippen LogP contribution in [0.25, 0.3) is 0 Å². The summed E-state index contributed by atoms with van der Waals surface area (Å²) in [7, 11) is 0. The molecule has 2 heteroatoms. The van der Waals surface area contributed by atoms with E-state index in [1.54, 1.807) is 0 Å². The van der Waals surface area contributed by atoms with Crippen molar-refractivity contribution in [1.29, 1.82) is 0 Å². The van der Waals surface area contributed by atoms with Crippen LogP contribution >= 0.6 is 0 Å². The molecule has 1 unspecified atom stereocenters. The number of aromatic nitrogens is 1. The number of hydrogen-bond acceptors (Lipinski definition) is 1. The molecule has 0 aromatic carbocycles. The molecular weight excluding hydrogens is 322 g/mol. The predicted molar refractivity (Wildman–Crippen MR) is 77.0 cm³/mol. The average Bonchev–Trinajstić information content (AvgIpc) is 2.35. The Hall–Kier alpha value is -0.0604. The summed E-state index contributed by atoms with van der Waals surface area (Å²) in [4.78, 5) is 4.45. The van der Waals surface area contributed by atoms with Gasteiger partial charge < -0.3 is 0 Å². The Labute approximate surface area is 117 Å². The van der Waals surface area contributed by atoms with Gasteiger partial charge in [-0.15, -0.1) is 0 Å². The summed E-state index contributed by atoms with van der Waals surface area (Å²) in [5.74, 6) is 0. The van der Waals surface area contributed by atoms with Gasteiger partial charge in [0.05, 0.1) is 0 Å². The van der Waals surface area contributed by atoms with Gasteiger partial charge in [-0.25, -0.2) is 0 Å². The third-order valence-electron chi connectivity index (χ3n) is 2.92. The molecule has 1 aromatic rings. The van der Waals surface area contributed by atoms with Crippen LogP contribution in [-0.2, 0) is 0 Å². The zero-order valence-electron chi connectivity index (χ0n) is 11.2. The van der Waals surface area contributed by atoms with Gasteiger partial charge in [-0.1, -0.05) is 0 Å². The summed E-state index contributed by atoms with van der Waals surface area (Å²) in [6.07, 6.45) is 11.8. The average molecular weight is 347 g/mol. The van der Waals surface area contributed by atoms with Crippen molar-refractivity contribution in [2.75, 3.05) is 0 Å². The van der Waals surface area contributed by atoms with E-state index < -0.39 is 0 Å². The molecule has 1 heterocycles. The number of hydrogen-bond donors (Lipinski definition) is 0. The Morgan fingerprint density at radius 2 is 1.88 bits per heavy atom. The number of rotatable bonds is 9. The topological polar surface area (TPSA) is 12.9 Å². The molecule has 0 aliphatic carbocycles. The molecule has 1 rings (SSSR count). The molecule has 0 saturated carbocycles. The third kappa shape index (κ3) is 7.79. The SMILES string of the molecule is CCCCCCCCC(C)[Te]c1ccccn1. The van der Waals surface area contributed by atoms with Crippen LogP contribution in [0.3, 0.4) is 0 Å². The Balaban J connectivity index is 2.03. The Kier molecular flexibility index (Phi) is 8.75. The fourth-order valence-electron chi connectivity index (χ4n) is 1.89.